The number of hydrogen-bond acceptors (Lipinski definition) is 3. The highest BCUT2D eigenvalue weighted by molar-refractivity contribution is 7.17. The van der Waals surface area contributed by atoms with Gasteiger partial charge in [0.25, 0.3) is 0 Å². The number of thiophene rings is 1. The van der Waals surface area contributed by atoms with Crippen molar-refractivity contribution in [2.75, 3.05) is 26.8 Å². The molecule has 1 rings (SSSR count). The molecule has 1 heterocycles. The summed E-state index contributed by atoms with van der Waals surface area (Å²) in [5.74, 6) is 0. The molecule has 4 heteroatoms. The molecule has 0 amide bonds. The lowest BCUT2D eigenvalue weighted by Gasteiger charge is -2.06. The highest BCUT2D eigenvalue weighted by Gasteiger charge is 1.98. The predicted octanol–water partition coefficient (Wildman–Crippen LogP) is 3.43. The maximum absolute atomic E-state index is 5.89. The summed E-state index contributed by atoms with van der Waals surface area (Å²) in [4.78, 5) is 1.22. The Morgan fingerprint density at radius 3 is 2.94 bits per heavy atom. The van der Waals surface area contributed by atoms with Gasteiger partial charge in [-0.15, -0.1) is 11.3 Å². The highest BCUT2D eigenvalue weighted by atomic mass is 35.5. The number of nitrogens with one attached hydrogen (secondary N) is 1. The Hall–Kier alpha value is -0.350. The first kappa shape index (κ1) is 13.7. The van der Waals surface area contributed by atoms with Crippen LogP contribution in [0.5, 0.6) is 0 Å². The summed E-state index contributed by atoms with van der Waals surface area (Å²) in [6.07, 6.45) is 3.26. The van der Waals surface area contributed by atoms with Crippen molar-refractivity contribution in [1.29, 1.82) is 0 Å². The van der Waals surface area contributed by atoms with Crippen LogP contribution in [0.3, 0.4) is 0 Å². The lowest BCUT2D eigenvalue weighted by atomic mass is 10.2. The first-order valence-electron chi connectivity index (χ1n) is 5.40. The molecule has 0 aliphatic carbocycles. The van der Waals surface area contributed by atoms with Crippen LogP contribution in [-0.4, -0.2) is 26.8 Å². The Kier molecular flexibility index (Phi) is 6.73. The molecule has 0 spiro atoms. The number of halogens is 1. The minimum atomic E-state index is 0.752. The van der Waals surface area contributed by atoms with Gasteiger partial charge in [0.15, 0.2) is 0 Å². The number of methoxy groups -OCH3 is 1. The predicted molar refractivity (Wildman–Crippen MR) is 72.3 cm³/mol. The van der Waals surface area contributed by atoms with Crippen LogP contribution in [0.4, 0.5) is 0 Å². The molecule has 0 aliphatic rings. The van der Waals surface area contributed by atoms with E-state index < -0.39 is 0 Å². The smallest absolute Gasteiger partial charge is 0.0934 e. The van der Waals surface area contributed by atoms with Crippen molar-refractivity contribution >= 4 is 29.0 Å². The van der Waals surface area contributed by atoms with Crippen LogP contribution in [0, 0.1) is 0 Å². The molecule has 1 aromatic heterocycles. The minimum absolute atomic E-state index is 0.752. The summed E-state index contributed by atoms with van der Waals surface area (Å²) in [7, 11) is 1.71. The van der Waals surface area contributed by atoms with Gasteiger partial charge in [-0.1, -0.05) is 24.1 Å². The summed E-state index contributed by atoms with van der Waals surface area (Å²) >= 11 is 7.50. The standard InChI is InChI=1S/C12H18ClNOS/c1-3-10(9-14-6-7-15-2)8-11-4-5-12(13)16-11/h4-5,8,14H,3,6-7,9H2,1-2H3. The Labute approximate surface area is 106 Å². The van der Waals surface area contributed by atoms with Crippen molar-refractivity contribution < 1.29 is 4.74 Å². The van der Waals surface area contributed by atoms with Crippen LogP contribution < -0.4 is 5.32 Å². The third kappa shape index (κ3) is 5.12. The second kappa shape index (κ2) is 7.85. The molecule has 0 aromatic carbocycles. The van der Waals surface area contributed by atoms with Crippen molar-refractivity contribution in [2.24, 2.45) is 0 Å². The first-order chi connectivity index (χ1) is 7.76. The number of hydrogen-bond donors (Lipinski definition) is 1. The lowest BCUT2D eigenvalue weighted by Crippen LogP contribution is -2.21. The van der Waals surface area contributed by atoms with Gasteiger partial charge in [-0.2, -0.15) is 0 Å². The van der Waals surface area contributed by atoms with E-state index in [0.29, 0.717) is 0 Å². The largest absolute Gasteiger partial charge is 0.383 e. The summed E-state index contributed by atoms with van der Waals surface area (Å²) in [6, 6.07) is 3.99. The maximum Gasteiger partial charge on any atom is 0.0934 e. The SMILES string of the molecule is CCC(=Cc1ccc(Cl)s1)CNCCOC. The van der Waals surface area contributed by atoms with Crippen LogP contribution in [0.15, 0.2) is 17.7 Å². The quantitative estimate of drug-likeness (QED) is 0.758. The topological polar surface area (TPSA) is 21.3 Å². The number of ether oxygens (including phenoxy) is 1. The van der Waals surface area contributed by atoms with Crippen molar-refractivity contribution in [3.63, 3.8) is 0 Å². The molecule has 0 radical (unpaired) electrons. The Balaban J connectivity index is 2.43. The zero-order valence-electron chi connectivity index (χ0n) is 9.75. The molecular formula is C12H18ClNOS. The summed E-state index contributed by atoms with van der Waals surface area (Å²) in [5.41, 5.74) is 1.38. The highest BCUT2D eigenvalue weighted by Crippen LogP contribution is 2.23. The molecule has 0 saturated carbocycles. The molecule has 0 bridgehead atoms. The van der Waals surface area contributed by atoms with Crippen LogP contribution in [-0.2, 0) is 4.74 Å². The monoisotopic (exact) mass is 259 g/mol. The van der Waals surface area contributed by atoms with Crippen LogP contribution in [0.25, 0.3) is 6.08 Å². The third-order valence-corrected chi connectivity index (χ3v) is 3.41. The molecule has 0 fully saturated rings. The third-order valence-electron chi connectivity index (χ3n) is 2.23. The van der Waals surface area contributed by atoms with Gasteiger partial charge in [0.05, 0.1) is 10.9 Å². The van der Waals surface area contributed by atoms with Gasteiger partial charge in [-0.05, 0) is 24.6 Å². The van der Waals surface area contributed by atoms with Crippen molar-refractivity contribution in [3.8, 4) is 0 Å². The fourth-order valence-electron chi connectivity index (χ4n) is 1.31. The van der Waals surface area contributed by atoms with E-state index in [-0.39, 0.29) is 0 Å². The fraction of sp³-hybridized carbons (Fsp3) is 0.500. The molecule has 16 heavy (non-hydrogen) atoms. The Morgan fingerprint density at radius 1 is 1.56 bits per heavy atom. The van der Waals surface area contributed by atoms with Gasteiger partial charge in [0.1, 0.15) is 0 Å². The zero-order valence-corrected chi connectivity index (χ0v) is 11.3. The molecule has 0 aliphatic heterocycles. The number of rotatable bonds is 7. The van der Waals surface area contributed by atoms with Crippen molar-refractivity contribution in [1.82, 2.24) is 5.32 Å². The van der Waals surface area contributed by atoms with E-state index in [1.807, 2.05) is 6.07 Å². The van der Waals surface area contributed by atoms with Gasteiger partial charge < -0.3 is 10.1 Å². The van der Waals surface area contributed by atoms with Gasteiger partial charge >= 0.3 is 0 Å². The zero-order chi connectivity index (χ0) is 11.8. The van der Waals surface area contributed by atoms with Crippen molar-refractivity contribution in [3.05, 3.63) is 26.9 Å². The molecule has 1 N–H and O–H groups in total. The van der Waals surface area contributed by atoms with Crippen molar-refractivity contribution in [2.45, 2.75) is 13.3 Å². The molecule has 90 valence electrons. The van der Waals surface area contributed by atoms with Crippen LogP contribution in [0.2, 0.25) is 4.34 Å². The molecule has 1 aromatic rings. The van der Waals surface area contributed by atoms with Gasteiger partial charge in [-0.3, -0.25) is 0 Å². The lowest BCUT2D eigenvalue weighted by molar-refractivity contribution is 0.200. The molecule has 0 atom stereocenters. The van der Waals surface area contributed by atoms with E-state index in [2.05, 4.69) is 24.4 Å². The van der Waals surface area contributed by atoms with E-state index >= 15 is 0 Å². The normalized spacial score (nSPS) is 12.1. The molecule has 2 nitrogen and oxygen atoms in total. The second-order valence-corrected chi connectivity index (χ2v) is 5.21. The summed E-state index contributed by atoms with van der Waals surface area (Å²) < 4.78 is 5.82. The van der Waals surface area contributed by atoms with Gasteiger partial charge in [0, 0.05) is 25.1 Å². The van der Waals surface area contributed by atoms with E-state index in [9.17, 15) is 0 Å². The fourth-order valence-corrected chi connectivity index (χ4v) is 2.36. The second-order valence-electron chi connectivity index (χ2n) is 3.47. The summed E-state index contributed by atoms with van der Waals surface area (Å²) in [6.45, 7) is 4.72. The molecule has 0 saturated heterocycles. The molecular weight excluding hydrogens is 242 g/mol. The molecule has 0 unspecified atom stereocenters. The van der Waals surface area contributed by atoms with Gasteiger partial charge in [-0.25, -0.2) is 0 Å². The van der Waals surface area contributed by atoms with E-state index in [4.69, 9.17) is 16.3 Å². The Morgan fingerprint density at radius 2 is 2.38 bits per heavy atom. The maximum atomic E-state index is 5.89. The van der Waals surface area contributed by atoms with E-state index in [0.717, 1.165) is 30.5 Å². The van der Waals surface area contributed by atoms with Gasteiger partial charge in [0.2, 0.25) is 0 Å². The average Bonchev–Trinajstić information content (AvgIpc) is 2.68. The van der Waals surface area contributed by atoms with E-state index in [1.165, 1.54) is 10.5 Å². The Bertz CT molecular complexity index is 336. The van der Waals surface area contributed by atoms with Crippen LogP contribution >= 0.6 is 22.9 Å². The van der Waals surface area contributed by atoms with Crippen LogP contribution in [0.1, 0.15) is 18.2 Å². The van der Waals surface area contributed by atoms with E-state index in [1.54, 1.807) is 18.4 Å². The average molecular weight is 260 g/mol. The first-order valence-corrected chi connectivity index (χ1v) is 6.60. The minimum Gasteiger partial charge on any atom is -0.383 e. The summed E-state index contributed by atoms with van der Waals surface area (Å²) in [5, 5.41) is 3.34.